The van der Waals surface area contributed by atoms with Crippen LogP contribution in [-0.4, -0.2) is 26.6 Å². The second kappa shape index (κ2) is 7.52. The van der Waals surface area contributed by atoms with Crippen molar-refractivity contribution in [3.05, 3.63) is 61.2 Å². The molecule has 136 valence electrons. The van der Waals surface area contributed by atoms with Gasteiger partial charge in [0.2, 0.25) is 5.88 Å². The smallest absolute Gasteiger partial charge is 0.353 e. The van der Waals surface area contributed by atoms with Crippen LogP contribution in [0.4, 0.5) is 11.4 Å². The minimum absolute atomic E-state index is 0.0328. The van der Waals surface area contributed by atoms with E-state index in [9.17, 15) is 19.8 Å². The molecule has 0 unspecified atom stereocenters. The van der Waals surface area contributed by atoms with Crippen LogP contribution >= 0.6 is 0 Å². The van der Waals surface area contributed by atoms with E-state index in [1.807, 2.05) is 0 Å². The summed E-state index contributed by atoms with van der Waals surface area (Å²) in [6, 6.07) is 12.7. The summed E-state index contributed by atoms with van der Waals surface area (Å²) in [5, 5.41) is 29.7. The Kier molecular flexibility index (Phi) is 4.98. The normalized spacial score (nSPS) is 11.0. The Morgan fingerprint density at radius 1 is 1.11 bits per heavy atom. The zero-order valence-electron chi connectivity index (χ0n) is 14.2. The fraction of sp³-hybridized carbons (Fsp3) is 0.0526. The number of phenolic OH excluding ortho intramolecular Hbond substituents is 1. The monoisotopic (exact) mass is 364 g/mol. The number of amides is 2. The third-order valence-corrected chi connectivity index (χ3v) is 3.79. The minimum atomic E-state index is -1.12. The van der Waals surface area contributed by atoms with Gasteiger partial charge in [-0.3, -0.25) is 9.59 Å². The summed E-state index contributed by atoms with van der Waals surface area (Å²) in [6.07, 6.45) is 1.61. The van der Waals surface area contributed by atoms with Crippen molar-refractivity contribution >= 4 is 34.1 Å². The summed E-state index contributed by atoms with van der Waals surface area (Å²) in [7, 11) is 0. The first kappa shape index (κ1) is 17.9. The van der Waals surface area contributed by atoms with Crippen molar-refractivity contribution in [2.45, 2.75) is 6.54 Å². The lowest BCUT2D eigenvalue weighted by Gasteiger charge is -2.02. The Bertz CT molecular complexity index is 1050. The van der Waals surface area contributed by atoms with E-state index < -0.39 is 11.8 Å². The molecule has 0 aliphatic carbocycles. The third-order valence-electron chi connectivity index (χ3n) is 3.79. The maximum Gasteiger partial charge on any atom is 0.353 e. The molecule has 8 heteroatoms. The lowest BCUT2D eigenvalue weighted by atomic mass is 10.2. The highest BCUT2D eigenvalue weighted by atomic mass is 16.3. The van der Waals surface area contributed by atoms with Gasteiger partial charge in [0.25, 0.3) is 0 Å². The molecule has 27 heavy (non-hydrogen) atoms. The molecule has 0 aliphatic rings. The van der Waals surface area contributed by atoms with E-state index in [0.717, 1.165) is 0 Å². The number of aromatic nitrogens is 1. The summed E-state index contributed by atoms with van der Waals surface area (Å²) in [6.45, 7) is 3.99. The first-order valence-electron chi connectivity index (χ1n) is 7.98. The van der Waals surface area contributed by atoms with Crippen molar-refractivity contribution in [2.24, 2.45) is 10.2 Å². The maximum atomic E-state index is 11.9. The van der Waals surface area contributed by atoms with Crippen LogP contribution in [0.1, 0.15) is 0 Å². The Morgan fingerprint density at radius 3 is 2.52 bits per heavy atom. The van der Waals surface area contributed by atoms with Crippen molar-refractivity contribution in [1.82, 2.24) is 4.57 Å². The molecule has 3 N–H and O–H groups in total. The number of carbonyl (C=O) groups is 2. The van der Waals surface area contributed by atoms with E-state index in [1.165, 1.54) is 24.3 Å². The molecule has 3 aromatic rings. The standard InChI is InChI=1S/C19H16N4O4/c1-2-11-23-15-6-4-3-5-14(15)16(19(23)27)21-22-18(26)17(25)20-12-7-9-13(24)10-8-12/h2-10,24,27H,1,11H2,(H,20,25). The van der Waals surface area contributed by atoms with Crippen LogP contribution in [0.25, 0.3) is 10.9 Å². The molecule has 8 nitrogen and oxygen atoms in total. The van der Waals surface area contributed by atoms with Gasteiger partial charge in [-0.15, -0.1) is 16.8 Å². The van der Waals surface area contributed by atoms with Crippen LogP contribution in [0, 0.1) is 0 Å². The molecule has 2 amide bonds. The van der Waals surface area contributed by atoms with Crippen LogP contribution in [0.15, 0.2) is 71.4 Å². The van der Waals surface area contributed by atoms with E-state index in [0.29, 0.717) is 23.1 Å². The molecule has 0 atom stereocenters. The number of benzene rings is 2. The van der Waals surface area contributed by atoms with Crippen molar-refractivity contribution in [1.29, 1.82) is 0 Å². The van der Waals surface area contributed by atoms with Gasteiger partial charge in [0.05, 0.1) is 5.52 Å². The van der Waals surface area contributed by atoms with E-state index in [1.54, 1.807) is 34.9 Å². The number of hydrogen-bond acceptors (Lipinski definition) is 5. The number of hydrogen-bond donors (Lipinski definition) is 3. The van der Waals surface area contributed by atoms with Gasteiger partial charge in [0.15, 0.2) is 5.69 Å². The van der Waals surface area contributed by atoms with Crippen LogP contribution in [0.5, 0.6) is 11.6 Å². The van der Waals surface area contributed by atoms with Crippen molar-refractivity contribution in [3.8, 4) is 11.6 Å². The number of nitrogens with one attached hydrogen (secondary N) is 1. The lowest BCUT2D eigenvalue weighted by molar-refractivity contribution is -0.134. The molecule has 0 fully saturated rings. The second-order valence-corrected chi connectivity index (χ2v) is 5.59. The van der Waals surface area contributed by atoms with E-state index in [2.05, 4.69) is 22.1 Å². The SMILES string of the molecule is C=CCn1c(O)c(N=NC(=O)C(=O)Nc2ccc(O)cc2)c2ccccc21. The Morgan fingerprint density at radius 2 is 1.81 bits per heavy atom. The molecule has 0 saturated heterocycles. The number of anilines is 1. The lowest BCUT2D eigenvalue weighted by Crippen LogP contribution is -2.20. The summed E-state index contributed by atoms with van der Waals surface area (Å²) in [4.78, 5) is 23.9. The Balaban J connectivity index is 1.84. The van der Waals surface area contributed by atoms with Gasteiger partial charge >= 0.3 is 11.8 Å². The molecule has 2 aromatic carbocycles. The Labute approximate surface area is 154 Å². The van der Waals surface area contributed by atoms with Crippen molar-refractivity contribution in [2.75, 3.05) is 5.32 Å². The van der Waals surface area contributed by atoms with Gasteiger partial charge in [-0.2, -0.15) is 0 Å². The molecule has 0 bridgehead atoms. The van der Waals surface area contributed by atoms with Crippen LogP contribution in [0.2, 0.25) is 0 Å². The fourth-order valence-corrected chi connectivity index (χ4v) is 2.55. The number of fused-ring (bicyclic) bond motifs is 1. The van der Waals surface area contributed by atoms with E-state index >= 15 is 0 Å². The minimum Gasteiger partial charge on any atom is -0.508 e. The molecular formula is C19H16N4O4. The van der Waals surface area contributed by atoms with Gasteiger partial charge in [0.1, 0.15) is 5.75 Å². The number of azo groups is 1. The van der Waals surface area contributed by atoms with Gasteiger partial charge < -0.3 is 20.1 Å². The van der Waals surface area contributed by atoms with Gasteiger partial charge in [-0.05, 0) is 30.3 Å². The quantitative estimate of drug-likeness (QED) is 0.284. The predicted molar refractivity (Wildman–Crippen MR) is 100 cm³/mol. The largest absolute Gasteiger partial charge is 0.508 e. The van der Waals surface area contributed by atoms with E-state index in [4.69, 9.17) is 0 Å². The van der Waals surface area contributed by atoms with Crippen LogP contribution in [0.3, 0.4) is 0 Å². The number of aromatic hydroxyl groups is 2. The summed E-state index contributed by atoms with van der Waals surface area (Å²) in [5.41, 5.74) is 1.12. The number of para-hydroxylation sites is 1. The van der Waals surface area contributed by atoms with E-state index in [-0.39, 0.29) is 17.3 Å². The predicted octanol–water partition coefficient (Wildman–Crippen LogP) is 3.49. The van der Waals surface area contributed by atoms with Gasteiger partial charge in [-0.25, -0.2) is 0 Å². The first-order chi connectivity index (χ1) is 13.0. The highest BCUT2D eigenvalue weighted by molar-refractivity contribution is 6.40. The number of rotatable bonds is 4. The fourth-order valence-electron chi connectivity index (χ4n) is 2.55. The molecule has 1 heterocycles. The topological polar surface area (TPSA) is 116 Å². The summed E-state index contributed by atoms with van der Waals surface area (Å²) >= 11 is 0. The van der Waals surface area contributed by atoms with Crippen molar-refractivity contribution < 1.29 is 19.8 Å². The number of nitrogens with zero attached hydrogens (tertiary/aromatic N) is 3. The molecule has 3 rings (SSSR count). The number of carbonyl (C=O) groups excluding carboxylic acids is 2. The first-order valence-corrected chi connectivity index (χ1v) is 7.98. The summed E-state index contributed by atoms with van der Waals surface area (Å²) in [5.74, 6) is -2.25. The zero-order valence-corrected chi connectivity index (χ0v) is 14.2. The van der Waals surface area contributed by atoms with Crippen molar-refractivity contribution in [3.63, 3.8) is 0 Å². The molecule has 0 radical (unpaired) electrons. The average Bonchev–Trinajstić information content (AvgIpc) is 2.93. The van der Waals surface area contributed by atoms with Gasteiger partial charge in [0, 0.05) is 17.6 Å². The molecule has 0 saturated carbocycles. The third kappa shape index (κ3) is 3.69. The molecule has 0 spiro atoms. The van der Waals surface area contributed by atoms with Crippen LogP contribution < -0.4 is 5.32 Å². The molecule has 1 aromatic heterocycles. The van der Waals surface area contributed by atoms with Gasteiger partial charge in [-0.1, -0.05) is 24.3 Å². The summed E-state index contributed by atoms with van der Waals surface area (Å²) < 4.78 is 1.57. The average molecular weight is 364 g/mol. The maximum absolute atomic E-state index is 11.9. The number of phenols is 1. The molecule has 0 aliphatic heterocycles. The zero-order chi connectivity index (χ0) is 19.4. The second-order valence-electron chi connectivity index (χ2n) is 5.59. The highest BCUT2D eigenvalue weighted by Crippen LogP contribution is 2.38. The van der Waals surface area contributed by atoms with Crippen LogP contribution in [-0.2, 0) is 16.1 Å². The number of allylic oxidation sites excluding steroid dienone is 1. The highest BCUT2D eigenvalue weighted by Gasteiger charge is 2.18. The molecular weight excluding hydrogens is 348 g/mol. The Hall–Kier alpha value is -3.94.